The molecule has 0 unspecified atom stereocenters. The third-order valence-electron chi connectivity index (χ3n) is 1.38. The molecule has 80 valence electrons. The van der Waals surface area contributed by atoms with Gasteiger partial charge in [0.05, 0.1) is 12.7 Å². The van der Waals surface area contributed by atoms with Gasteiger partial charge in [0, 0.05) is 5.38 Å². The maximum atomic E-state index is 12.1. The van der Waals surface area contributed by atoms with Gasteiger partial charge in [-0.25, -0.2) is 4.98 Å². The van der Waals surface area contributed by atoms with Crippen molar-refractivity contribution in [2.24, 2.45) is 0 Å². The van der Waals surface area contributed by atoms with Gasteiger partial charge in [-0.15, -0.1) is 11.3 Å². The number of rotatable bonds is 3. The first kappa shape index (κ1) is 11.5. The summed E-state index contributed by atoms with van der Waals surface area (Å²) >= 11 is 0.962. The Labute approximate surface area is 83.7 Å². The Morgan fingerprint density at radius 1 is 1.50 bits per heavy atom. The van der Waals surface area contributed by atoms with Crippen LogP contribution >= 0.6 is 11.3 Å². The first-order valence-corrected chi connectivity index (χ1v) is 4.90. The minimum atomic E-state index is -4.35. The smallest absolute Gasteiger partial charge is 0.372 e. The monoisotopic (exact) mass is 225 g/mol. The molecule has 0 spiro atoms. The average molecular weight is 225 g/mol. The van der Waals surface area contributed by atoms with Crippen LogP contribution in [0, 0.1) is 0 Å². The van der Waals surface area contributed by atoms with E-state index in [0.29, 0.717) is 5.01 Å². The maximum absolute atomic E-state index is 12.1. The van der Waals surface area contributed by atoms with Crippen LogP contribution in [-0.2, 0) is 17.5 Å². The molecule has 14 heavy (non-hydrogen) atoms. The molecule has 0 aliphatic carbocycles. The third-order valence-corrected chi connectivity index (χ3v) is 2.20. The van der Waals surface area contributed by atoms with Crippen LogP contribution in [0.5, 0.6) is 0 Å². The van der Waals surface area contributed by atoms with E-state index in [1.807, 2.05) is 13.8 Å². The molecule has 2 nitrogen and oxygen atoms in total. The Balaban J connectivity index is 2.60. The van der Waals surface area contributed by atoms with Crippen LogP contribution in [0.15, 0.2) is 5.38 Å². The lowest BCUT2D eigenvalue weighted by Crippen LogP contribution is -2.06. The van der Waals surface area contributed by atoms with E-state index in [0.717, 1.165) is 16.7 Å². The van der Waals surface area contributed by atoms with Gasteiger partial charge >= 0.3 is 6.18 Å². The SMILES string of the molecule is CC(C)OCc1nc(C(F)(F)F)cs1. The van der Waals surface area contributed by atoms with Crippen LogP contribution in [0.3, 0.4) is 0 Å². The number of aromatic nitrogens is 1. The Morgan fingerprint density at radius 2 is 2.14 bits per heavy atom. The van der Waals surface area contributed by atoms with Crippen molar-refractivity contribution in [3.8, 4) is 0 Å². The molecular weight excluding hydrogens is 215 g/mol. The second-order valence-corrected chi connectivity index (χ2v) is 3.93. The molecule has 1 rings (SSSR count). The number of thiazole rings is 1. The highest BCUT2D eigenvalue weighted by Gasteiger charge is 2.33. The van der Waals surface area contributed by atoms with Crippen molar-refractivity contribution in [3.63, 3.8) is 0 Å². The molecule has 0 amide bonds. The normalized spacial score (nSPS) is 12.4. The quantitative estimate of drug-likeness (QED) is 0.788. The molecule has 0 N–H and O–H groups in total. The molecule has 0 saturated heterocycles. The van der Waals surface area contributed by atoms with Crippen molar-refractivity contribution in [2.45, 2.75) is 32.7 Å². The van der Waals surface area contributed by atoms with Crippen molar-refractivity contribution in [3.05, 3.63) is 16.1 Å². The highest BCUT2D eigenvalue weighted by Crippen LogP contribution is 2.30. The summed E-state index contributed by atoms with van der Waals surface area (Å²) in [5.41, 5.74) is -0.843. The predicted octanol–water partition coefficient (Wildman–Crippen LogP) is 3.09. The van der Waals surface area contributed by atoms with Crippen molar-refractivity contribution in [1.29, 1.82) is 0 Å². The maximum Gasteiger partial charge on any atom is 0.434 e. The van der Waals surface area contributed by atoms with E-state index >= 15 is 0 Å². The largest absolute Gasteiger partial charge is 0.434 e. The van der Waals surface area contributed by atoms with Crippen molar-refractivity contribution >= 4 is 11.3 Å². The second kappa shape index (κ2) is 4.27. The number of alkyl halides is 3. The number of hydrogen-bond donors (Lipinski definition) is 0. The highest BCUT2D eigenvalue weighted by atomic mass is 32.1. The molecule has 0 aromatic carbocycles. The van der Waals surface area contributed by atoms with Gasteiger partial charge in [0.25, 0.3) is 0 Å². The summed E-state index contributed by atoms with van der Waals surface area (Å²) < 4.78 is 41.4. The Kier molecular flexibility index (Phi) is 3.49. The zero-order valence-electron chi connectivity index (χ0n) is 7.76. The molecule has 0 bridgehead atoms. The third kappa shape index (κ3) is 3.26. The Bertz CT molecular complexity index is 295. The summed E-state index contributed by atoms with van der Waals surface area (Å²) in [7, 11) is 0. The second-order valence-electron chi connectivity index (χ2n) is 2.98. The molecule has 0 aliphatic heterocycles. The van der Waals surface area contributed by atoms with Crippen LogP contribution in [0.25, 0.3) is 0 Å². The van der Waals surface area contributed by atoms with E-state index in [-0.39, 0.29) is 12.7 Å². The lowest BCUT2D eigenvalue weighted by Gasteiger charge is -2.04. The summed E-state index contributed by atoms with van der Waals surface area (Å²) in [6, 6.07) is 0. The number of halogens is 3. The lowest BCUT2D eigenvalue weighted by molar-refractivity contribution is -0.140. The van der Waals surface area contributed by atoms with E-state index in [4.69, 9.17) is 4.74 Å². The van der Waals surface area contributed by atoms with E-state index in [9.17, 15) is 13.2 Å². The Hall–Kier alpha value is -0.620. The fourth-order valence-corrected chi connectivity index (χ4v) is 1.47. The highest BCUT2D eigenvalue weighted by molar-refractivity contribution is 7.09. The van der Waals surface area contributed by atoms with E-state index in [1.165, 1.54) is 0 Å². The van der Waals surface area contributed by atoms with Crippen LogP contribution in [-0.4, -0.2) is 11.1 Å². The molecule has 1 aromatic heterocycles. The van der Waals surface area contributed by atoms with Crippen LogP contribution in [0.2, 0.25) is 0 Å². The minimum absolute atomic E-state index is 0.00626. The van der Waals surface area contributed by atoms with Crippen molar-refractivity contribution < 1.29 is 17.9 Å². The molecular formula is C8H10F3NOS. The molecule has 1 aromatic rings. The van der Waals surface area contributed by atoms with E-state index in [2.05, 4.69) is 4.98 Å². The van der Waals surface area contributed by atoms with Gasteiger partial charge in [0.15, 0.2) is 5.69 Å². The van der Waals surface area contributed by atoms with E-state index in [1.54, 1.807) is 0 Å². The molecule has 0 saturated carbocycles. The van der Waals surface area contributed by atoms with Gasteiger partial charge in [-0.05, 0) is 13.8 Å². The van der Waals surface area contributed by atoms with Crippen LogP contribution < -0.4 is 0 Å². The number of nitrogens with zero attached hydrogens (tertiary/aromatic N) is 1. The van der Waals surface area contributed by atoms with Crippen LogP contribution in [0.4, 0.5) is 13.2 Å². The fourth-order valence-electron chi connectivity index (χ4n) is 0.745. The molecule has 6 heteroatoms. The Morgan fingerprint density at radius 3 is 2.57 bits per heavy atom. The first-order valence-electron chi connectivity index (χ1n) is 4.03. The first-order chi connectivity index (χ1) is 6.39. The average Bonchev–Trinajstić information content (AvgIpc) is 2.47. The predicted molar refractivity (Wildman–Crippen MR) is 47.0 cm³/mol. The standard InChI is InChI=1S/C8H10F3NOS/c1-5(2)13-3-7-12-6(4-14-7)8(9,10)11/h4-5H,3H2,1-2H3. The summed E-state index contributed by atoms with van der Waals surface area (Å²) in [4.78, 5) is 3.42. The van der Waals surface area contributed by atoms with E-state index < -0.39 is 11.9 Å². The molecule has 0 atom stereocenters. The molecule has 0 aliphatic rings. The summed E-state index contributed by atoms with van der Waals surface area (Å²) in [5.74, 6) is 0. The molecule has 0 radical (unpaired) electrons. The van der Waals surface area contributed by atoms with Crippen LogP contribution in [0.1, 0.15) is 24.5 Å². The van der Waals surface area contributed by atoms with Crippen molar-refractivity contribution in [2.75, 3.05) is 0 Å². The molecule has 0 fully saturated rings. The van der Waals surface area contributed by atoms with Crippen molar-refractivity contribution in [1.82, 2.24) is 4.98 Å². The number of ether oxygens (including phenoxy) is 1. The summed E-state index contributed by atoms with van der Waals surface area (Å²) in [6.45, 7) is 3.77. The fraction of sp³-hybridized carbons (Fsp3) is 0.625. The van der Waals surface area contributed by atoms with Gasteiger partial charge in [0.1, 0.15) is 5.01 Å². The number of hydrogen-bond acceptors (Lipinski definition) is 3. The zero-order chi connectivity index (χ0) is 10.8. The van der Waals surface area contributed by atoms with Gasteiger partial charge in [-0.3, -0.25) is 0 Å². The van der Waals surface area contributed by atoms with Gasteiger partial charge in [-0.1, -0.05) is 0 Å². The zero-order valence-corrected chi connectivity index (χ0v) is 8.58. The lowest BCUT2D eigenvalue weighted by atomic mass is 10.5. The summed E-state index contributed by atoms with van der Waals surface area (Å²) in [5, 5.41) is 1.35. The van der Waals surface area contributed by atoms with Gasteiger partial charge < -0.3 is 4.74 Å². The van der Waals surface area contributed by atoms with Gasteiger partial charge in [0.2, 0.25) is 0 Å². The summed E-state index contributed by atoms with van der Waals surface area (Å²) in [6.07, 6.45) is -4.36. The van der Waals surface area contributed by atoms with Gasteiger partial charge in [-0.2, -0.15) is 13.2 Å². The molecule has 1 heterocycles. The topological polar surface area (TPSA) is 22.1 Å². The minimum Gasteiger partial charge on any atom is -0.372 e.